The Bertz CT molecular complexity index is 835. The van der Waals surface area contributed by atoms with Gasteiger partial charge in [-0.25, -0.2) is 13.8 Å². The lowest BCUT2D eigenvalue weighted by Gasteiger charge is -2.09. The number of aromatic nitrogens is 4. The van der Waals surface area contributed by atoms with E-state index in [0.717, 1.165) is 6.07 Å². The van der Waals surface area contributed by atoms with Gasteiger partial charge in [0.05, 0.1) is 22.3 Å². The Labute approximate surface area is 125 Å². The minimum atomic E-state index is -0.938. The Morgan fingerprint density at radius 2 is 2.00 bits per heavy atom. The summed E-state index contributed by atoms with van der Waals surface area (Å²) in [4.78, 5) is 4.33. The lowest BCUT2D eigenvalue weighted by molar-refractivity contribution is 0.514. The topological polar surface area (TPSA) is 35.6 Å². The number of rotatable bonds is 2. The van der Waals surface area contributed by atoms with E-state index in [-0.39, 0.29) is 5.52 Å². The van der Waals surface area contributed by atoms with Crippen LogP contribution in [0.25, 0.3) is 16.7 Å². The fourth-order valence-corrected chi connectivity index (χ4v) is 2.58. The van der Waals surface area contributed by atoms with E-state index < -0.39 is 17.0 Å². The number of fused-ring (bicyclic) bond motifs is 1. The van der Waals surface area contributed by atoms with Crippen molar-refractivity contribution < 1.29 is 8.78 Å². The van der Waals surface area contributed by atoms with Crippen molar-refractivity contribution in [2.75, 3.05) is 0 Å². The summed E-state index contributed by atoms with van der Waals surface area (Å²) in [5.41, 5.74) is 1.75. The highest BCUT2D eigenvalue weighted by atomic mass is 35.5. The first-order chi connectivity index (χ1) is 9.90. The minimum absolute atomic E-state index is 0.0774. The third kappa shape index (κ3) is 2.10. The van der Waals surface area contributed by atoms with Crippen LogP contribution in [0.3, 0.4) is 0 Å². The van der Waals surface area contributed by atoms with Crippen LogP contribution in [-0.2, 0) is 7.05 Å². The smallest absolute Gasteiger partial charge is 0.185 e. The van der Waals surface area contributed by atoms with Crippen molar-refractivity contribution in [1.82, 2.24) is 19.3 Å². The van der Waals surface area contributed by atoms with E-state index in [0.29, 0.717) is 22.7 Å². The molecule has 0 fully saturated rings. The summed E-state index contributed by atoms with van der Waals surface area (Å²) in [5, 5.41) is 3.78. The first-order valence-corrected chi connectivity index (χ1v) is 6.85. The molecule has 0 radical (unpaired) electrons. The molecule has 0 spiro atoms. The second-order valence-corrected chi connectivity index (χ2v) is 5.58. The van der Waals surface area contributed by atoms with E-state index >= 15 is 0 Å². The van der Waals surface area contributed by atoms with E-state index in [4.69, 9.17) is 11.6 Å². The molecule has 0 saturated carbocycles. The van der Waals surface area contributed by atoms with E-state index in [9.17, 15) is 8.78 Å². The van der Waals surface area contributed by atoms with Gasteiger partial charge in [-0.1, -0.05) is 0 Å². The molecular formula is C14H13ClF2N4. The highest BCUT2D eigenvalue weighted by Gasteiger charge is 2.23. The first-order valence-electron chi connectivity index (χ1n) is 6.41. The third-order valence-electron chi connectivity index (χ3n) is 3.32. The minimum Gasteiger partial charge on any atom is -0.289 e. The quantitative estimate of drug-likeness (QED) is 0.677. The van der Waals surface area contributed by atoms with E-state index in [1.165, 1.54) is 10.6 Å². The lowest BCUT2D eigenvalue weighted by atomic mass is 10.2. The van der Waals surface area contributed by atoms with Crippen LogP contribution in [0.2, 0.25) is 0 Å². The van der Waals surface area contributed by atoms with Gasteiger partial charge in [-0.15, -0.1) is 11.6 Å². The second-order valence-electron chi connectivity index (χ2n) is 4.92. The number of alkyl halides is 1. The third-order valence-corrected chi connectivity index (χ3v) is 3.51. The molecule has 3 aromatic rings. The van der Waals surface area contributed by atoms with Crippen molar-refractivity contribution in [3.8, 4) is 5.69 Å². The Kier molecular flexibility index (Phi) is 3.20. The molecule has 0 aliphatic rings. The average molecular weight is 311 g/mol. The van der Waals surface area contributed by atoms with Gasteiger partial charge in [0, 0.05) is 13.2 Å². The fraction of sp³-hybridized carbons (Fsp3) is 0.286. The Balaban J connectivity index is 2.46. The van der Waals surface area contributed by atoms with Gasteiger partial charge in [-0.3, -0.25) is 9.25 Å². The molecule has 0 bridgehead atoms. The van der Waals surface area contributed by atoms with E-state index in [1.807, 2.05) is 0 Å². The van der Waals surface area contributed by atoms with Gasteiger partial charge in [0.15, 0.2) is 11.6 Å². The lowest BCUT2D eigenvalue weighted by Crippen LogP contribution is -2.04. The molecule has 4 nitrogen and oxygen atoms in total. The highest BCUT2D eigenvalue weighted by Crippen LogP contribution is 2.31. The van der Waals surface area contributed by atoms with Gasteiger partial charge >= 0.3 is 0 Å². The van der Waals surface area contributed by atoms with E-state index in [2.05, 4.69) is 10.1 Å². The number of imidazole rings is 1. The zero-order valence-electron chi connectivity index (χ0n) is 11.7. The normalized spacial score (nSPS) is 13.0. The van der Waals surface area contributed by atoms with Crippen LogP contribution < -0.4 is 0 Å². The van der Waals surface area contributed by atoms with Crippen LogP contribution in [0.4, 0.5) is 8.78 Å². The van der Waals surface area contributed by atoms with Gasteiger partial charge in [0.25, 0.3) is 0 Å². The number of hydrogen-bond donors (Lipinski definition) is 0. The predicted octanol–water partition coefficient (Wildman–Crippen LogP) is 3.65. The maximum atomic E-state index is 14.3. The van der Waals surface area contributed by atoms with Crippen LogP contribution in [0, 0.1) is 18.6 Å². The number of halogens is 3. The van der Waals surface area contributed by atoms with Crippen molar-refractivity contribution in [1.29, 1.82) is 0 Å². The number of aryl methyl sites for hydroxylation is 2. The van der Waals surface area contributed by atoms with Gasteiger partial charge in [0.2, 0.25) is 0 Å². The fourth-order valence-electron chi connectivity index (χ4n) is 2.44. The molecule has 0 saturated heterocycles. The molecule has 7 heteroatoms. The monoisotopic (exact) mass is 310 g/mol. The molecule has 2 aromatic heterocycles. The summed E-state index contributed by atoms with van der Waals surface area (Å²) >= 11 is 6.15. The van der Waals surface area contributed by atoms with Crippen LogP contribution in [-0.4, -0.2) is 19.3 Å². The number of benzene rings is 1. The molecule has 1 aromatic carbocycles. The second kappa shape index (κ2) is 4.80. The zero-order valence-corrected chi connectivity index (χ0v) is 12.5. The summed E-state index contributed by atoms with van der Waals surface area (Å²) in [5.74, 6) is -1.40. The van der Waals surface area contributed by atoms with Crippen molar-refractivity contribution in [3.05, 3.63) is 41.5 Å². The number of nitrogens with zero attached hydrogens (tertiary/aromatic N) is 4. The molecule has 1 unspecified atom stereocenters. The van der Waals surface area contributed by atoms with Crippen molar-refractivity contribution in [2.24, 2.45) is 7.05 Å². The molecule has 21 heavy (non-hydrogen) atoms. The summed E-state index contributed by atoms with van der Waals surface area (Å²) in [7, 11) is 1.76. The Morgan fingerprint density at radius 3 is 2.57 bits per heavy atom. The van der Waals surface area contributed by atoms with Crippen molar-refractivity contribution >= 4 is 22.6 Å². The maximum Gasteiger partial charge on any atom is 0.185 e. The molecule has 0 aliphatic carbocycles. The van der Waals surface area contributed by atoms with Gasteiger partial charge in [-0.2, -0.15) is 5.10 Å². The number of hydrogen-bond acceptors (Lipinski definition) is 2. The largest absolute Gasteiger partial charge is 0.289 e. The van der Waals surface area contributed by atoms with Crippen LogP contribution in [0.1, 0.15) is 23.8 Å². The predicted molar refractivity (Wildman–Crippen MR) is 76.8 cm³/mol. The molecule has 2 heterocycles. The summed E-state index contributed by atoms with van der Waals surface area (Å²) < 4.78 is 31.0. The molecular weight excluding hydrogens is 298 g/mol. The van der Waals surface area contributed by atoms with Crippen LogP contribution >= 0.6 is 11.6 Å². The highest BCUT2D eigenvalue weighted by molar-refractivity contribution is 6.20. The molecule has 0 N–H and O–H groups in total. The van der Waals surface area contributed by atoms with E-state index in [1.54, 1.807) is 31.8 Å². The van der Waals surface area contributed by atoms with Crippen LogP contribution in [0.5, 0.6) is 0 Å². The maximum absolute atomic E-state index is 14.3. The van der Waals surface area contributed by atoms with Gasteiger partial charge < -0.3 is 0 Å². The molecule has 110 valence electrons. The van der Waals surface area contributed by atoms with Crippen LogP contribution in [0.15, 0.2) is 18.3 Å². The summed E-state index contributed by atoms with van der Waals surface area (Å²) in [6.45, 7) is 3.53. The Hall–Kier alpha value is -1.95. The molecule has 0 amide bonds. The average Bonchev–Trinajstić information content (AvgIpc) is 2.94. The van der Waals surface area contributed by atoms with Crippen molar-refractivity contribution in [2.45, 2.75) is 19.2 Å². The SMILES string of the molecule is Cc1nn(C)cc1-n1c(C(C)Cl)nc2ccc(F)c(F)c21. The first kappa shape index (κ1) is 14.0. The molecule has 0 aliphatic heterocycles. The van der Waals surface area contributed by atoms with Gasteiger partial charge in [0.1, 0.15) is 11.3 Å². The van der Waals surface area contributed by atoms with Gasteiger partial charge in [-0.05, 0) is 26.0 Å². The Morgan fingerprint density at radius 1 is 1.29 bits per heavy atom. The zero-order chi connectivity index (χ0) is 15.3. The summed E-state index contributed by atoms with van der Waals surface area (Å²) in [6, 6.07) is 2.51. The molecule has 1 atom stereocenters. The standard InChI is InChI=1S/C14H13ClF2N4/c1-7(15)14-18-10-5-4-9(16)12(17)13(10)21(14)11-6-20(3)19-8(11)2/h4-7H,1-3H3. The summed E-state index contributed by atoms with van der Waals surface area (Å²) in [6.07, 6.45) is 1.73. The van der Waals surface area contributed by atoms with Crippen molar-refractivity contribution in [3.63, 3.8) is 0 Å². The molecule has 3 rings (SSSR count).